The second-order valence-electron chi connectivity index (χ2n) is 5.30. The maximum atomic E-state index is 6.22. The first-order chi connectivity index (χ1) is 8.15. The molecule has 1 fully saturated rings. The largest absolute Gasteiger partial charge is 0.365 e. The summed E-state index contributed by atoms with van der Waals surface area (Å²) in [5.41, 5.74) is 9.54. The van der Waals surface area contributed by atoms with Gasteiger partial charge in [-0.15, -0.1) is 0 Å². The molecule has 0 radical (unpaired) electrons. The van der Waals surface area contributed by atoms with Crippen molar-refractivity contribution in [3.8, 4) is 0 Å². The monoisotopic (exact) mass is 239 g/mol. The Bertz CT molecular complexity index is 278. The van der Waals surface area contributed by atoms with Crippen molar-refractivity contribution >= 4 is 0 Å². The number of hydrogen-bond acceptors (Lipinski definition) is 5. The molecule has 2 unspecified atom stereocenters. The summed E-state index contributed by atoms with van der Waals surface area (Å²) in [5.74, 6) is 1.06. The van der Waals surface area contributed by atoms with E-state index in [2.05, 4.69) is 33.9 Å². The molecule has 2 atom stereocenters. The van der Waals surface area contributed by atoms with Crippen LogP contribution in [0.2, 0.25) is 0 Å². The van der Waals surface area contributed by atoms with Crippen LogP contribution in [0.4, 0.5) is 0 Å². The van der Waals surface area contributed by atoms with Crippen molar-refractivity contribution in [1.82, 2.24) is 20.7 Å². The third-order valence-electron chi connectivity index (χ3n) is 3.51. The number of hydrazine groups is 1. The van der Waals surface area contributed by atoms with Gasteiger partial charge in [-0.25, -0.2) is 5.01 Å². The molecule has 5 heteroatoms. The number of rotatable bonds is 2. The van der Waals surface area contributed by atoms with E-state index >= 15 is 0 Å². The fourth-order valence-corrected chi connectivity index (χ4v) is 2.65. The first kappa shape index (κ1) is 12.5. The Morgan fingerprint density at radius 2 is 2.06 bits per heavy atom. The maximum absolute atomic E-state index is 6.22. The third kappa shape index (κ3) is 3.51. The molecule has 1 aliphatic heterocycles. The summed E-state index contributed by atoms with van der Waals surface area (Å²) in [6.07, 6.45) is 8.29. The van der Waals surface area contributed by atoms with Gasteiger partial charge in [0.1, 0.15) is 5.82 Å². The number of nitrogens with one attached hydrogen (secondary N) is 2. The summed E-state index contributed by atoms with van der Waals surface area (Å²) in [6.45, 7) is 0.891. The van der Waals surface area contributed by atoms with Crippen molar-refractivity contribution < 1.29 is 0 Å². The Hall–Kier alpha value is -0.940. The fourth-order valence-electron chi connectivity index (χ4n) is 2.65. The second kappa shape index (κ2) is 5.60. The maximum Gasteiger partial charge on any atom is 0.130 e. The zero-order valence-electron chi connectivity index (χ0n) is 10.9. The smallest absolute Gasteiger partial charge is 0.130 e. The summed E-state index contributed by atoms with van der Waals surface area (Å²) < 4.78 is 0. The van der Waals surface area contributed by atoms with E-state index in [1.807, 2.05) is 7.05 Å². The minimum Gasteiger partial charge on any atom is -0.365 e. The molecule has 17 heavy (non-hydrogen) atoms. The van der Waals surface area contributed by atoms with Gasteiger partial charge in [0.05, 0.1) is 6.67 Å². The van der Waals surface area contributed by atoms with Gasteiger partial charge >= 0.3 is 0 Å². The average molecular weight is 239 g/mol. The topological polar surface area (TPSA) is 56.6 Å². The van der Waals surface area contributed by atoms with Gasteiger partial charge in [-0.05, 0) is 12.8 Å². The van der Waals surface area contributed by atoms with Crippen LogP contribution in [0.5, 0.6) is 0 Å². The molecule has 0 aromatic rings. The van der Waals surface area contributed by atoms with Gasteiger partial charge in [0.2, 0.25) is 0 Å². The highest BCUT2D eigenvalue weighted by atomic mass is 15.6. The predicted octanol–water partition coefficient (Wildman–Crippen LogP) is 0.374. The van der Waals surface area contributed by atoms with E-state index in [1.165, 1.54) is 25.7 Å². The molecule has 1 heterocycles. The minimum atomic E-state index is 0.276. The van der Waals surface area contributed by atoms with Crippen LogP contribution < -0.4 is 16.5 Å². The van der Waals surface area contributed by atoms with Crippen LogP contribution in [0.3, 0.4) is 0 Å². The van der Waals surface area contributed by atoms with Gasteiger partial charge < -0.3 is 21.4 Å². The molecule has 98 valence electrons. The van der Waals surface area contributed by atoms with Crippen LogP contribution in [0.1, 0.15) is 32.1 Å². The van der Waals surface area contributed by atoms with E-state index in [1.54, 1.807) is 0 Å². The van der Waals surface area contributed by atoms with Gasteiger partial charge in [-0.1, -0.05) is 19.3 Å². The van der Waals surface area contributed by atoms with Crippen molar-refractivity contribution in [1.29, 1.82) is 0 Å². The molecule has 0 aromatic heterocycles. The summed E-state index contributed by atoms with van der Waals surface area (Å²) in [5, 5.41) is 5.61. The van der Waals surface area contributed by atoms with Gasteiger partial charge in [-0.3, -0.25) is 0 Å². The van der Waals surface area contributed by atoms with E-state index < -0.39 is 0 Å². The third-order valence-corrected chi connectivity index (χ3v) is 3.51. The molecule has 0 saturated heterocycles. The number of hydrogen-bond donors (Lipinski definition) is 3. The molecular weight excluding hydrogens is 214 g/mol. The molecule has 2 rings (SSSR count). The molecule has 2 aliphatic rings. The SMILES string of the molecule is CN1C=C(NC2CCCCCC2N)NN(C)C1. The van der Waals surface area contributed by atoms with E-state index in [0.29, 0.717) is 6.04 Å². The summed E-state index contributed by atoms with van der Waals surface area (Å²) in [6, 6.07) is 0.675. The zero-order valence-corrected chi connectivity index (χ0v) is 10.9. The van der Waals surface area contributed by atoms with Gasteiger partial charge in [0, 0.05) is 32.4 Å². The van der Waals surface area contributed by atoms with E-state index in [-0.39, 0.29) is 6.04 Å². The van der Waals surface area contributed by atoms with Crippen molar-refractivity contribution in [3.63, 3.8) is 0 Å². The summed E-state index contributed by atoms with van der Waals surface area (Å²) in [4.78, 5) is 2.15. The molecule has 1 saturated carbocycles. The highest BCUT2D eigenvalue weighted by molar-refractivity contribution is 5.01. The lowest BCUT2D eigenvalue weighted by molar-refractivity contribution is 0.146. The van der Waals surface area contributed by atoms with Gasteiger partial charge in [-0.2, -0.15) is 0 Å². The molecule has 0 aromatic carbocycles. The highest BCUT2D eigenvalue weighted by Gasteiger charge is 2.22. The van der Waals surface area contributed by atoms with Gasteiger partial charge in [0.15, 0.2) is 0 Å². The Kier molecular flexibility index (Phi) is 4.12. The molecule has 5 nitrogen and oxygen atoms in total. The molecule has 1 aliphatic carbocycles. The molecule has 0 bridgehead atoms. The molecule has 0 spiro atoms. The predicted molar refractivity (Wildman–Crippen MR) is 69.6 cm³/mol. The average Bonchev–Trinajstić information content (AvgIpc) is 2.43. The number of nitrogens with two attached hydrogens (primary N) is 1. The summed E-state index contributed by atoms with van der Waals surface area (Å²) in [7, 11) is 4.12. The minimum absolute atomic E-state index is 0.276. The quantitative estimate of drug-likeness (QED) is 0.608. The fraction of sp³-hybridized carbons (Fsp3) is 0.833. The standard InChI is InChI=1S/C12H25N5/c1-16-8-12(15-17(2)9-16)14-11-7-5-3-4-6-10(11)13/h8,10-11,14-15H,3-7,9,13H2,1-2H3. The van der Waals surface area contributed by atoms with Crippen LogP contribution in [-0.2, 0) is 0 Å². The second-order valence-corrected chi connectivity index (χ2v) is 5.30. The van der Waals surface area contributed by atoms with E-state index in [0.717, 1.165) is 18.9 Å². The van der Waals surface area contributed by atoms with Crippen molar-refractivity contribution in [2.24, 2.45) is 5.73 Å². The normalized spacial score (nSPS) is 31.5. The Balaban J connectivity index is 1.94. The zero-order chi connectivity index (χ0) is 12.3. The lowest BCUT2D eigenvalue weighted by Gasteiger charge is -2.35. The van der Waals surface area contributed by atoms with Crippen molar-refractivity contribution in [3.05, 3.63) is 12.0 Å². The first-order valence-corrected chi connectivity index (χ1v) is 6.57. The Morgan fingerprint density at radius 3 is 2.82 bits per heavy atom. The summed E-state index contributed by atoms with van der Waals surface area (Å²) >= 11 is 0. The lowest BCUT2D eigenvalue weighted by Crippen LogP contribution is -2.52. The number of nitrogens with zero attached hydrogens (tertiary/aromatic N) is 2. The van der Waals surface area contributed by atoms with Crippen LogP contribution in [0.15, 0.2) is 12.0 Å². The van der Waals surface area contributed by atoms with Crippen molar-refractivity contribution in [2.45, 2.75) is 44.2 Å². The van der Waals surface area contributed by atoms with Crippen LogP contribution in [0, 0.1) is 0 Å². The van der Waals surface area contributed by atoms with Gasteiger partial charge in [0.25, 0.3) is 0 Å². The first-order valence-electron chi connectivity index (χ1n) is 6.57. The van der Waals surface area contributed by atoms with Crippen LogP contribution in [-0.4, -0.2) is 42.8 Å². The molecule has 4 N–H and O–H groups in total. The highest BCUT2D eigenvalue weighted by Crippen LogP contribution is 2.17. The van der Waals surface area contributed by atoms with Crippen molar-refractivity contribution in [2.75, 3.05) is 20.8 Å². The molecular formula is C12H25N5. The molecule has 0 amide bonds. The Labute approximate surface area is 104 Å². The van der Waals surface area contributed by atoms with Crippen LogP contribution >= 0.6 is 0 Å². The lowest BCUT2D eigenvalue weighted by atomic mass is 10.0. The Morgan fingerprint density at radius 1 is 1.29 bits per heavy atom. The van der Waals surface area contributed by atoms with E-state index in [9.17, 15) is 0 Å². The van der Waals surface area contributed by atoms with E-state index in [4.69, 9.17) is 5.73 Å². The van der Waals surface area contributed by atoms with Crippen LogP contribution in [0.25, 0.3) is 0 Å².